The van der Waals surface area contributed by atoms with Gasteiger partial charge in [0.05, 0.1) is 5.56 Å². The van der Waals surface area contributed by atoms with E-state index in [4.69, 9.17) is 0 Å². The number of aliphatic hydroxyl groups is 1. The molecular formula is C17H13F3N2O2S2. The van der Waals surface area contributed by atoms with Crippen molar-refractivity contribution in [1.82, 2.24) is 10.3 Å². The molecule has 0 saturated carbocycles. The molecule has 0 radical (unpaired) electrons. The number of aliphatic hydroxyl groups excluding tert-OH is 1. The fraction of sp³-hybridized carbons (Fsp3) is 0.176. The molecule has 3 aromatic rings. The van der Waals surface area contributed by atoms with Crippen LogP contribution in [0.25, 0.3) is 9.75 Å². The minimum Gasteiger partial charge on any atom is -0.386 e. The van der Waals surface area contributed by atoms with Gasteiger partial charge in [-0.05, 0) is 35.7 Å². The van der Waals surface area contributed by atoms with Crippen LogP contribution in [0, 0.1) is 0 Å². The van der Waals surface area contributed by atoms with Crippen molar-refractivity contribution in [3.8, 4) is 9.75 Å². The molecule has 9 heteroatoms. The van der Waals surface area contributed by atoms with Crippen molar-refractivity contribution in [3.63, 3.8) is 0 Å². The molecule has 3 aromatic heterocycles. The van der Waals surface area contributed by atoms with Gasteiger partial charge in [-0.2, -0.15) is 13.2 Å². The van der Waals surface area contributed by atoms with Gasteiger partial charge in [-0.1, -0.05) is 6.07 Å². The van der Waals surface area contributed by atoms with E-state index in [0.29, 0.717) is 4.88 Å². The Morgan fingerprint density at radius 3 is 2.62 bits per heavy atom. The zero-order valence-corrected chi connectivity index (χ0v) is 14.8. The highest BCUT2D eigenvalue weighted by molar-refractivity contribution is 7.21. The van der Waals surface area contributed by atoms with Crippen molar-refractivity contribution in [2.45, 2.75) is 12.3 Å². The van der Waals surface area contributed by atoms with E-state index in [1.165, 1.54) is 11.3 Å². The molecule has 1 atom stereocenters. The van der Waals surface area contributed by atoms with Gasteiger partial charge in [0.2, 0.25) is 0 Å². The van der Waals surface area contributed by atoms with E-state index in [-0.39, 0.29) is 12.1 Å². The number of hydrogen-bond donors (Lipinski definition) is 2. The van der Waals surface area contributed by atoms with Gasteiger partial charge in [-0.3, -0.25) is 9.78 Å². The minimum atomic E-state index is -4.55. The van der Waals surface area contributed by atoms with Crippen molar-refractivity contribution in [1.29, 1.82) is 0 Å². The Balaban J connectivity index is 1.59. The molecule has 1 amide bonds. The Labute approximate surface area is 155 Å². The molecular weight excluding hydrogens is 385 g/mol. The average Bonchev–Trinajstić information content (AvgIpc) is 3.29. The number of pyridine rings is 1. The van der Waals surface area contributed by atoms with Gasteiger partial charge < -0.3 is 10.4 Å². The van der Waals surface area contributed by atoms with Crippen molar-refractivity contribution in [2.75, 3.05) is 6.54 Å². The minimum absolute atomic E-state index is 0.00402. The van der Waals surface area contributed by atoms with Crippen LogP contribution in [0.5, 0.6) is 0 Å². The van der Waals surface area contributed by atoms with Gasteiger partial charge in [-0.25, -0.2) is 0 Å². The van der Waals surface area contributed by atoms with Crippen LogP contribution in [0.15, 0.2) is 48.0 Å². The highest BCUT2D eigenvalue weighted by Gasteiger charge is 2.32. The number of alkyl halides is 3. The molecule has 0 unspecified atom stereocenters. The monoisotopic (exact) mass is 398 g/mol. The second kappa shape index (κ2) is 7.56. The van der Waals surface area contributed by atoms with E-state index >= 15 is 0 Å². The zero-order valence-electron chi connectivity index (χ0n) is 13.2. The lowest BCUT2D eigenvalue weighted by atomic mass is 10.2. The van der Waals surface area contributed by atoms with E-state index in [9.17, 15) is 23.1 Å². The van der Waals surface area contributed by atoms with Gasteiger partial charge in [0, 0.05) is 27.4 Å². The third-order valence-corrected chi connectivity index (χ3v) is 5.74. The van der Waals surface area contributed by atoms with Crippen LogP contribution < -0.4 is 5.32 Å². The van der Waals surface area contributed by atoms with Gasteiger partial charge in [-0.15, -0.1) is 22.7 Å². The van der Waals surface area contributed by atoms with Crippen molar-refractivity contribution in [3.05, 3.63) is 64.1 Å². The first-order valence-electron chi connectivity index (χ1n) is 7.48. The number of amides is 1. The van der Waals surface area contributed by atoms with Gasteiger partial charge in [0.25, 0.3) is 5.91 Å². The largest absolute Gasteiger partial charge is 0.433 e. The van der Waals surface area contributed by atoms with Crippen molar-refractivity contribution in [2.24, 2.45) is 0 Å². The van der Waals surface area contributed by atoms with Crippen molar-refractivity contribution >= 4 is 28.6 Å². The summed E-state index contributed by atoms with van der Waals surface area (Å²) in [4.78, 5) is 18.0. The normalized spacial score (nSPS) is 12.8. The van der Waals surface area contributed by atoms with Crippen LogP contribution in [-0.4, -0.2) is 22.5 Å². The Morgan fingerprint density at radius 2 is 2.00 bits per heavy atom. The summed E-state index contributed by atoms with van der Waals surface area (Å²) in [7, 11) is 0. The summed E-state index contributed by atoms with van der Waals surface area (Å²) >= 11 is 3.01. The highest BCUT2D eigenvalue weighted by atomic mass is 32.1. The fourth-order valence-electron chi connectivity index (χ4n) is 2.17. The van der Waals surface area contributed by atoms with Crippen LogP contribution in [-0.2, 0) is 6.18 Å². The predicted octanol–water partition coefficient (Wildman–Crippen LogP) is 4.35. The Morgan fingerprint density at radius 1 is 1.19 bits per heavy atom. The SMILES string of the molecule is O=C(NC[C@@H](O)c1ccc(-c2cccs2)s1)c1ccc(C(F)(F)F)nc1. The molecule has 0 saturated heterocycles. The van der Waals surface area contributed by atoms with Gasteiger partial charge in [0.15, 0.2) is 0 Å². The Hall–Kier alpha value is -2.23. The molecule has 0 aliphatic rings. The topological polar surface area (TPSA) is 62.2 Å². The molecule has 0 fully saturated rings. The average molecular weight is 398 g/mol. The van der Waals surface area contributed by atoms with Gasteiger partial charge >= 0.3 is 6.18 Å². The molecule has 0 aliphatic heterocycles. The lowest BCUT2D eigenvalue weighted by molar-refractivity contribution is -0.141. The summed E-state index contributed by atoms with van der Waals surface area (Å²) in [5, 5.41) is 14.7. The molecule has 0 spiro atoms. The Kier molecular flexibility index (Phi) is 5.40. The summed E-state index contributed by atoms with van der Waals surface area (Å²) in [5.74, 6) is -0.597. The number of rotatable bonds is 5. The summed E-state index contributed by atoms with van der Waals surface area (Å²) in [6, 6.07) is 9.41. The number of carbonyl (C=O) groups is 1. The standard InChI is InChI=1S/C17H13F3N2O2S2/c18-17(19,20)15-6-3-10(8-21-15)16(24)22-9-11(23)12-4-5-14(26-12)13-2-1-7-25-13/h1-8,11,23H,9H2,(H,22,24)/t11-/m1/s1. The van der Waals surface area contributed by atoms with E-state index < -0.39 is 23.9 Å². The number of aromatic nitrogens is 1. The van der Waals surface area contributed by atoms with Crippen LogP contribution in [0.1, 0.15) is 27.0 Å². The molecule has 26 heavy (non-hydrogen) atoms. The second-order valence-electron chi connectivity index (χ2n) is 5.34. The quantitative estimate of drug-likeness (QED) is 0.672. The number of halogens is 3. The summed E-state index contributed by atoms with van der Waals surface area (Å²) in [6.07, 6.45) is -4.59. The lowest BCUT2D eigenvalue weighted by Crippen LogP contribution is -2.28. The van der Waals surface area contributed by atoms with E-state index in [2.05, 4.69) is 10.3 Å². The second-order valence-corrected chi connectivity index (χ2v) is 7.40. The number of thiophene rings is 2. The first-order chi connectivity index (χ1) is 12.3. The first kappa shape index (κ1) is 18.6. The zero-order chi connectivity index (χ0) is 18.7. The maximum atomic E-state index is 12.5. The Bertz CT molecular complexity index is 874. The lowest BCUT2D eigenvalue weighted by Gasteiger charge is -2.11. The smallest absolute Gasteiger partial charge is 0.386 e. The maximum Gasteiger partial charge on any atom is 0.433 e. The fourth-order valence-corrected chi connectivity index (χ4v) is 4.00. The van der Waals surface area contributed by atoms with Crippen molar-refractivity contribution < 1.29 is 23.1 Å². The molecule has 4 nitrogen and oxygen atoms in total. The number of hydrogen-bond acceptors (Lipinski definition) is 5. The highest BCUT2D eigenvalue weighted by Crippen LogP contribution is 2.34. The predicted molar refractivity (Wildman–Crippen MR) is 94.2 cm³/mol. The summed E-state index contributed by atoms with van der Waals surface area (Å²) < 4.78 is 37.4. The number of nitrogens with zero attached hydrogens (tertiary/aromatic N) is 1. The van der Waals surface area contributed by atoms with Gasteiger partial charge in [0.1, 0.15) is 11.8 Å². The molecule has 3 heterocycles. The molecule has 136 valence electrons. The van der Waals surface area contributed by atoms with E-state index in [0.717, 1.165) is 28.1 Å². The first-order valence-corrected chi connectivity index (χ1v) is 9.17. The summed E-state index contributed by atoms with van der Waals surface area (Å²) in [6.45, 7) is -0.0513. The van der Waals surface area contributed by atoms with Crippen LogP contribution in [0.2, 0.25) is 0 Å². The van der Waals surface area contributed by atoms with Crippen LogP contribution in [0.3, 0.4) is 0 Å². The molecule has 0 aromatic carbocycles. The molecule has 0 aliphatic carbocycles. The van der Waals surface area contributed by atoms with E-state index in [1.54, 1.807) is 17.4 Å². The van der Waals surface area contributed by atoms with E-state index in [1.807, 2.05) is 23.6 Å². The molecule has 3 rings (SSSR count). The third kappa shape index (κ3) is 4.29. The molecule has 0 bridgehead atoms. The molecule has 2 N–H and O–H groups in total. The maximum absolute atomic E-state index is 12.5. The summed E-state index contributed by atoms with van der Waals surface area (Å²) in [5.41, 5.74) is -1.07. The third-order valence-electron chi connectivity index (χ3n) is 3.49. The van der Waals surface area contributed by atoms with Crippen LogP contribution >= 0.6 is 22.7 Å². The number of carbonyl (C=O) groups excluding carboxylic acids is 1. The number of nitrogens with one attached hydrogen (secondary N) is 1. The van der Waals surface area contributed by atoms with Crippen LogP contribution in [0.4, 0.5) is 13.2 Å².